The summed E-state index contributed by atoms with van der Waals surface area (Å²) >= 11 is 0. The van der Waals surface area contributed by atoms with Crippen LogP contribution in [-0.4, -0.2) is 13.4 Å². The smallest absolute Gasteiger partial charge is 0.263 e. The predicted molar refractivity (Wildman–Crippen MR) is 72.0 cm³/mol. The minimum absolute atomic E-state index is 0.0880. The number of aromatic nitrogens is 1. The van der Waals surface area contributed by atoms with Gasteiger partial charge in [0.25, 0.3) is 10.0 Å². The Morgan fingerprint density at radius 2 is 1.95 bits per heavy atom. The Kier molecular flexibility index (Phi) is 3.15. The number of hydrogen-bond acceptors (Lipinski definition) is 4. The van der Waals surface area contributed by atoms with Crippen LogP contribution in [0.3, 0.4) is 0 Å². The van der Waals surface area contributed by atoms with Crippen LogP contribution in [0.2, 0.25) is 0 Å². The molecular weight excluding hydrogens is 281 g/mol. The fraction of sp³-hybridized carbons (Fsp3) is 0.154. The molecule has 20 heavy (non-hydrogen) atoms. The molecule has 1 aliphatic heterocycles. The number of rotatable bonds is 3. The van der Waals surface area contributed by atoms with E-state index in [1.165, 1.54) is 6.07 Å². The van der Waals surface area contributed by atoms with E-state index in [2.05, 4.69) is 15.0 Å². The maximum Gasteiger partial charge on any atom is 0.263 e. The van der Waals surface area contributed by atoms with E-state index in [0.717, 1.165) is 29.9 Å². The van der Waals surface area contributed by atoms with Crippen LogP contribution in [0.4, 0.5) is 10.2 Å². The first kappa shape index (κ1) is 13.0. The number of anilines is 1. The molecule has 1 aromatic heterocycles. The lowest BCUT2D eigenvalue weighted by molar-refractivity contribution is 0.600. The normalized spacial score (nSPS) is 14.1. The topological polar surface area (TPSA) is 71.1 Å². The number of fused-ring (bicyclic) bond motifs is 1. The summed E-state index contributed by atoms with van der Waals surface area (Å²) in [6.07, 6.45) is 0.963. The van der Waals surface area contributed by atoms with Gasteiger partial charge in [0.05, 0.1) is 11.1 Å². The zero-order chi connectivity index (χ0) is 14.2. The highest BCUT2D eigenvalue weighted by Crippen LogP contribution is 2.21. The summed E-state index contributed by atoms with van der Waals surface area (Å²) in [6, 6.07) is 7.42. The Balaban J connectivity index is 1.90. The van der Waals surface area contributed by atoms with Gasteiger partial charge in [0.1, 0.15) is 11.6 Å². The van der Waals surface area contributed by atoms with Gasteiger partial charge in [0.2, 0.25) is 0 Å². The van der Waals surface area contributed by atoms with Gasteiger partial charge in [-0.05, 0) is 35.4 Å². The molecule has 0 spiro atoms. The highest BCUT2D eigenvalue weighted by atomic mass is 32.2. The lowest BCUT2D eigenvalue weighted by Gasteiger charge is -2.08. The Morgan fingerprint density at radius 1 is 1.15 bits per heavy atom. The van der Waals surface area contributed by atoms with Gasteiger partial charge in [-0.1, -0.05) is 6.07 Å². The zero-order valence-corrected chi connectivity index (χ0v) is 11.2. The van der Waals surface area contributed by atoms with E-state index in [0.29, 0.717) is 6.54 Å². The monoisotopic (exact) mass is 293 g/mol. The Bertz CT molecular complexity index is 745. The van der Waals surface area contributed by atoms with Crippen molar-refractivity contribution in [1.29, 1.82) is 0 Å². The largest absolute Gasteiger partial charge is 0.309 e. The van der Waals surface area contributed by atoms with Crippen molar-refractivity contribution in [2.24, 2.45) is 0 Å². The Hall–Kier alpha value is -1.99. The molecule has 1 aromatic carbocycles. The van der Waals surface area contributed by atoms with E-state index >= 15 is 0 Å². The third kappa shape index (κ3) is 2.50. The predicted octanol–water partition coefficient (Wildman–Crippen LogP) is 1.62. The number of hydrogen-bond donors (Lipinski definition) is 2. The number of benzene rings is 1. The van der Waals surface area contributed by atoms with E-state index < -0.39 is 15.8 Å². The van der Waals surface area contributed by atoms with Crippen LogP contribution < -0.4 is 10.0 Å². The van der Waals surface area contributed by atoms with Crippen LogP contribution in [-0.2, 0) is 23.1 Å². The number of halogens is 1. The molecule has 0 saturated carbocycles. The first-order valence-corrected chi connectivity index (χ1v) is 7.50. The van der Waals surface area contributed by atoms with Gasteiger partial charge in [0, 0.05) is 13.1 Å². The zero-order valence-electron chi connectivity index (χ0n) is 10.4. The Morgan fingerprint density at radius 3 is 2.70 bits per heavy atom. The molecule has 0 saturated heterocycles. The Labute approximate surface area is 115 Å². The van der Waals surface area contributed by atoms with Crippen molar-refractivity contribution in [2.75, 3.05) is 4.72 Å². The van der Waals surface area contributed by atoms with Crippen molar-refractivity contribution in [3.63, 3.8) is 0 Å². The van der Waals surface area contributed by atoms with Crippen LogP contribution in [0.25, 0.3) is 0 Å². The van der Waals surface area contributed by atoms with Crippen LogP contribution in [0, 0.1) is 5.82 Å². The maximum atomic E-state index is 12.7. The van der Waals surface area contributed by atoms with Crippen LogP contribution in [0.1, 0.15) is 11.1 Å². The quantitative estimate of drug-likeness (QED) is 0.902. The minimum atomic E-state index is -3.71. The molecule has 1 aliphatic rings. The summed E-state index contributed by atoms with van der Waals surface area (Å²) in [6.45, 7) is 1.41. The molecule has 104 valence electrons. The lowest BCUT2D eigenvalue weighted by Crippen LogP contribution is -2.14. The van der Waals surface area contributed by atoms with Crippen molar-refractivity contribution >= 4 is 15.8 Å². The molecular formula is C13H12FN3O2S. The van der Waals surface area contributed by atoms with Crippen molar-refractivity contribution in [1.82, 2.24) is 10.3 Å². The molecule has 0 bridgehead atoms. The molecule has 0 radical (unpaired) electrons. The first-order valence-electron chi connectivity index (χ1n) is 6.01. The molecule has 0 atom stereocenters. The number of pyridine rings is 1. The summed E-state index contributed by atoms with van der Waals surface area (Å²) in [5.41, 5.74) is 2.07. The van der Waals surface area contributed by atoms with Crippen molar-refractivity contribution in [3.05, 3.63) is 53.5 Å². The van der Waals surface area contributed by atoms with Gasteiger partial charge in [-0.3, -0.25) is 4.72 Å². The molecule has 0 aliphatic carbocycles. The summed E-state index contributed by atoms with van der Waals surface area (Å²) in [7, 11) is -3.71. The average molecular weight is 293 g/mol. The molecule has 7 heteroatoms. The van der Waals surface area contributed by atoms with E-state index in [-0.39, 0.29) is 10.7 Å². The second kappa shape index (κ2) is 4.84. The van der Waals surface area contributed by atoms with Crippen LogP contribution in [0.5, 0.6) is 0 Å². The molecule has 0 unspecified atom stereocenters. The summed E-state index contributed by atoms with van der Waals surface area (Å²) in [4.78, 5) is 3.86. The average Bonchev–Trinajstić information content (AvgIpc) is 2.88. The molecule has 2 heterocycles. The van der Waals surface area contributed by atoms with Gasteiger partial charge < -0.3 is 5.32 Å². The van der Waals surface area contributed by atoms with Gasteiger partial charge in [-0.2, -0.15) is 0 Å². The van der Waals surface area contributed by atoms with Gasteiger partial charge in [0.15, 0.2) is 0 Å². The van der Waals surface area contributed by atoms with Gasteiger partial charge in [-0.15, -0.1) is 0 Å². The van der Waals surface area contributed by atoms with E-state index in [1.807, 2.05) is 0 Å². The molecule has 5 nitrogen and oxygen atoms in total. The number of sulfonamides is 1. The standard InChI is InChI=1S/C13H12FN3O2S/c14-11-2-4-13(16-8-11)17-20(18,19)12-3-1-9-6-15-7-10(9)5-12/h1-5,8,15H,6-7H2,(H,16,17). The summed E-state index contributed by atoms with van der Waals surface area (Å²) < 4.78 is 39.5. The first-order chi connectivity index (χ1) is 9.54. The fourth-order valence-electron chi connectivity index (χ4n) is 2.07. The van der Waals surface area contributed by atoms with Crippen molar-refractivity contribution in [2.45, 2.75) is 18.0 Å². The lowest BCUT2D eigenvalue weighted by atomic mass is 10.1. The third-order valence-corrected chi connectivity index (χ3v) is 4.44. The highest BCUT2D eigenvalue weighted by Gasteiger charge is 2.18. The second-order valence-electron chi connectivity index (χ2n) is 4.50. The van der Waals surface area contributed by atoms with E-state index in [4.69, 9.17) is 0 Å². The SMILES string of the molecule is O=S(=O)(Nc1ccc(F)cn1)c1ccc2c(c1)CNC2. The molecule has 0 fully saturated rings. The fourth-order valence-corrected chi connectivity index (χ4v) is 3.13. The van der Waals surface area contributed by atoms with Crippen molar-refractivity contribution < 1.29 is 12.8 Å². The molecule has 0 amide bonds. The van der Waals surface area contributed by atoms with Crippen LogP contribution >= 0.6 is 0 Å². The molecule has 2 N–H and O–H groups in total. The number of nitrogens with one attached hydrogen (secondary N) is 2. The number of nitrogens with zero attached hydrogens (tertiary/aromatic N) is 1. The molecule has 3 rings (SSSR count). The second-order valence-corrected chi connectivity index (χ2v) is 6.18. The minimum Gasteiger partial charge on any atom is -0.309 e. The highest BCUT2D eigenvalue weighted by molar-refractivity contribution is 7.92. The maximum absolute atomic E-state index is 12.7. The van der Waals surface area contributed by atoms with Gasteiger partial charge in [-0.25, -0.2) is 17.8 Å². The summed E-state index contributed by atoms with van der Waals surface area (Å²) in [5.74, 6) is -0.429. The van der Waals surface area contributed by atoms with Crippen LogP contribution in [0.15, 0.2) is 41.4 Å². The van der Waals surface area contributed by atoms with E-state index in [1.54, 1.807) is 18.2 Å². The third-order valence-electron chi connectivity index (χ3n) is 3.09. The van der Waals surface area contributed by atoms with E-state index in [9.17, 15) is 12.8 Å². The van der Waals surface area contributed by atoms with Crippen molar-refractivity contribution in [3.8, 4) is 0 Å². The molecule has 2 aromatic rings. The summed E-state index contributed by atoms with van der Waals surface area (Å²) in [5, 5.41) is 3.15. The van der Waals surface area contributed by atoms with Gasteiger partial charge >= 0.3 is 0 Å².